The largest absolute Gasteiger partial charge is 0.535 e. The fourth-order valence-corrected chi connectivity index (χ4v) is 2.95. The van der Waals surface area contributed by atoms with Crippen molar-refractivity contribution in [1.29, 1.82) is 0 Å². The standard InChI is InChI=1S/C16H19BN4O4/c1-10(22)15-4-2-3-11-5-12(17(24)25-16(11)15)6-14(23)9-21-19-8-13(7-18)20-21/h2-4,8,12,24H,5-7,9,18H2,1H3/t12-/m1/s1. The van der Waals surface area contributed by atoms with Crippen LogP contribution in [0.4, 0.5) is 0 Å². The summed E-state index contributed by atoms with van der Waals surface area (Å²) in [6, 6.07) is 5.28. The van der Waals surface area contributed by atoms with E-state index in [1.165, 1.54) is 17.9 Å². The molecule has 25 heavy (non-hydrogen) atoms. The van der Waals surface area contributed by atoms with Crippen molar-refractivity contribution in [2.75, 3.05) is 0 Å². The lowest BCUT2D eigenvalue weighted by Gasteiger charge is -2.28. The third-order valence-corrected chi connectivity index (χ3v) is 4.20. The Labute approximate surface area is 145 Å². The molecule has 1 aliphatic rings. The van der Waals surface area contributed by atoms with E-state index in [4.69, 9.17) is 10.4 Å². The van der Waals surface area contributed by atoms with E-state index >= 15 is 0 Å². The number of hydrogen-bond acceptors (Lipinski definition) is 7. The normalized spacial score (nSPS) is 16.3. The monoisotopic (exact) mass is 342 g/mol. The van der Waals surface area contributed by atoms with Gasteiger partial charge in [-0.2, -0.15) is 15.0 Å². The Kier molecular flexibility index (Phi) is 4.96. The van der Waals surface area contributed by atoms with E-state index in [0.29, 0.717) is 23.4 Å². The number of nitrogens with zero attached hydrogens (tertiary/aromatic N) is 3. The molecule has 2 aromatic rings. The quantitative estimate of drug-likeness (QED) is 0.575. The third-order valence-electron chi connectivity index (χ3n) is 4.20. The van der Waals surface area contributed by atoms with E-state index in [0.717, 1.165) is 5.56 Å². The summed E-state index contributed by atoms with van der Waals surface area (Å²) in [6.45, 7) is 1.73. The minimum absolute atomic E-state index is 0.0174. The number of hydrogen-bond donors (Lipinski definition) is 2. The number of fused-ring (bicyclic) bond motifs is 1. The Morgan fingerprint density at radius 2 is 2.28 bits per heavy atom. The molecule has 0 bridgehead atoms. The summed E-state index contributed by atoms with van der Waals surface area (Å²) in [5.41, 5.74) is 7.34. The van der Waals surface area contributed by atoms with Crippen LogP contribution in [-0.2, 0) is 24.3 Å². The molecule has 0 saturated heterocycles. The van der Waals surface area contributed by atoms with Gasteiger partial charge < -0.3 is 15.4 Å². The molecule has 3 N–H and O–H groups in total. The number of nitrogens with two attached hydrogens (primary N) is 1. The van der Waals surface area contributed by atoms with Gasteiger partial charge in [-0.25, -0.2) is 0 Å². The fourth-order valence-electron chi connectivity index (χ4n) is 2.95. The molecule has 8 nitrogen and oxygen atoms in total. The fraction of sp³-hybridized carbons (Fsp3) is 0.375. The van der Waals surface area contributed by atoms with Gasteiger partial charge in [0.15, 0.2) is 11.6 Å². The highest BCUT2D eigenvalue weighted by atomic mass is 16.5. The molecule has 0 fully saturated rings. The van der Waals surface area contributed by atoms with Crippen molar-refractivity contribution in [2.45, 2.75) is 38.7 Å². The molecule has 9 heteroatoms. The van der Waals surface area contributed by atoms with Crippen LogP contribution in [0.2, 0.25) is 5.82 Å². The molecule has 0 radical (unpaired) electrons. The van der Waals surface area contributed by atoms with Crippen LogP contribution in [0.5, 0.6) is 5.75 Å². The Hall–Kier alpha value is -2.52. The van der Waals surface area contributed by atoms with Crippen LogP contribution < -0.4 is 10.4 Å². The lowest BCUT2D eigenvalue weighted by molar-refractivity contribution is -0.120. The first-order chi connectivity index (χ1) is 12.0. The van der Waals surface area contributed by atoms with Crippen molar-refractivity contribution < 1.29 is 19.3 Å². The molecular weight excluding hydrogens is 323 g/mol. The molecule has 1 aliphatic heterocycles. The van der Waals surface area contributed by atoms with Gasteiger partial charge in [-0.3, -0.25) is 9.59 Å². The van der Waals surface area contributed by atoms with Crippen molar-refractivity contribution in [2.24, 2.45) is 5.73 Å². The van der Waals surface area contributed by atoms with Gasteiger partial charge in [0.05, 0.1) is 17.5 Å². The van der Waals surface area contributed by atoms with Crippen LogP contribution in [0.15, 0.2) is 24.4 Å². The molecule has 0 saturated carbocycles. The van der Waals surface area contributed by atoms with Gasteiger partial charge in [-0.1, -0.05) is 12.1 Å². The third kappa shape index (κ3) is 3.77. The van der Waals surface area contributed by atoms with Gasteiger partial charge in [-0.05, 0) is 25.0 Å². The number of aromatic nitrogens is 3. The van der Waals surface area contributed by atoms with Crippen molar-refractivity contribution in [3.8, 4) is 5.75 Å². The highest BCUT2D eigenvalue weighted by Gasteiger charge is 2.37. The molecule has 1 atom stereocenters. The second-order valence-corrected chi connectivity index (χ2v) is 6.14. The number of rotatable bonds is 6. The zero-order valence-corrected chi connectivity index (χ0v) is 13.9. The maximum Gasteiger partial charge on any atom is 0.526 e. The minimum Gasteiger partial charge on any atom is -0.535 e. The SMILES string of the molecule is CC(=O)c1cccc2c1OB(O)[C@@H](CC(=O)Cn1ncc(CN)n1)C2. The molecule has 0 amide bonds. The van der Waals surface area contributed by atoms with Gasteiger partial charge in [0.1, 0.15) is 12.3 Å². The highest BCUT2D eigenvalue weighted by Crippen LogP contribution is 2.36. The average molecular weight is 342 g/mol. The molecule has 1 aromatic carbocycles. The number of benzene rings is 1. The van der Waals surface area contributed by atoms with Crippen LogP contribution >= 0.6 is 0 Å². The molecule has 0 spiro atoms. The molecule has 1 aromatic heterocycles. The van der Waals surface area contributed by atoms with Crippen LogP contribution in [0.25, 0.3) is 0 Å². The molecule has 130 valence electrons. The predicted molar refractivity (Wildman–Crippen MR) is 90.0 cm³/mol. The van der Waals surface area contributed by atoms with Gasteiger partial charge in [0.25, 0.3) is 0 Å². The molecule has 0 aliphatic carbocycles. The minimum atomic E-state index is -1.14. The van der Waals surface area contributed by atoms with E-state index in [1.807, 2.05) is 6.07 Å². The van der Waals surface area contributed by atoms with Crippen LogP contribution in [-0.4, -0.2) is 38.7 Å². The first-order valence-corrected chi connectivity index (χ1v) is 8.06. The Morgan fingerprint density at radius 1 is 1.48 bits per heavy atom. The van der Waals surface area contributed by atoms with E-state index in [1.54, 1.807) is 12.1 Å². The van der Waals surface area contributed by atoms with E-state index in [-0.39, 0.29) is 36.9 Å². The summed E-state index contributed by atoms with van der Waals surface area (Å²) in [6.07, 6.45) is 2.11. The number of Topliss-reactive ketones (excluding diaryl/α,β-unsaturated/α-hetero) is 2. The van der Waals surface area contributed by atoms with Gasteiger partial charge in [0.2, 0.25) is 0 Å². The zero-order chi connectivity index (χ0) is 18.0. The molecule has 0 unspecified atom stereocenters. The van der Waals surface area contributed by atoms with Gasteiger partial charge in [0, 0.05) is 18.8 Å². The Balaban J connectivity index is 1.68. The maximum atomic E-state index is 12.3. The van der Waals surface area contributed by atoms with E-state index < -0.39 is 7.12 Å². The Bertz CT molecular complexity index is 807. The average Bonchev–Trinajstić information content (AvgIpc) is 3.02. The number of carbonyl (C=O) groups is 2. The van der Waals surface area contributed by atoms with E-state index in [9.17, 15) is 14.6 Å². The summed E-state index contributed by atoms with van der Waals surface area (Å²) in [5, 5.41) is 18.3. The van der Waals surface area contributed by atoms with Crippen molar-refractivity contribution >= 4 is 18.7 Å². The summed E-state index contributed by atoms with van der Waals surface area (Å²) >= 11 is 0. The number of para-hydroxylation sites is 1. The topological polar surface area (TPSA) is 120 Å². The van der Waals surface area contributed by atoms with Crippen LogP contribution in [0.1, 0.15) is 35.0 Å². The molecule has 3 rings (SSSR count). The summed E-state index contributed by atoms with van der Waals surface area (Å²) in [7, 11) is -1.14. The second-order valence-electron chi connectivity index (χ2n) is 6.14. The molecular formula is C16H19BN4O4. The zero-order valence-electron chi connectivity index (χ0n) is 13.9. The van der Waals surface area contributed by atoms with Crippen LogP contribution in [0, 0.1) is 0 Å². The lowest BCUT2D eigenvalue weighted by atomic mass is 9.64. The number of ketones is 2. The highest BCUT2D eigenvalue weighted by molar-refractivity contribution is 6.47. The first-order valence-electron chi connectivity index (χ1n) is 8.06. The van der Waals surface area contributed by atoms with Crippen molar-refractivity contribution in [3.05, 3.63) is 41.2 Å². The number of carbonyl (C=O) groups excluding carboxylic acids is 2. The van der Waals surface area contributed by atoms with Crippen molar-refractivity contribution in [3.63, 3.8) is 0 Å². The maximum absolute atomic E-state index is 12.3. The summed E-state index contributed by atoms with van der Waals surface area (Å²) in [5.74, 6) is -0.212. The second kappa shape index (κ2) is 7.16. The van der Waals surface area contributed by atoms with E-state index in [2.05, 4.69) is 10.2 Å². The van der Waals surface area contributed by atoms with Crippen LogP contribution in [0.3, 0.4) is 0 Å². The summed E-state index contributed by atoms with van der Waals surface area (Å²) in [4.78, 5) is 25.2. The Morgan fingerprint density at radius 3 is 2.96 bits per heavy atom. The first kappa shape index (κ1) is 17.3. The van der Waals surface area contributed by atoms with Gasteiger partial charge in [-0.15, -0.1) is 0 Å². The summed E-state index contributed by atoms with van der Waals surface area (Å²) < 4.78 is 5.54. The lowest BCUT2D eigenvalue weighted by Crippen LogP contribution is -2.36. The predicted octanol–water partition coefficient (Wildman–Crippen LogP) is 0.384. The smallest absolute Gasteiger partial charge is 0.526 e. The van der Waals surface area contributed by atoms with Crippen molar-refractivity contribution in [1.82, 2.24) is 15.0 Å². The van der Waals surface area contributed by atoms with Gasteiger partial charge >= 0.3 is 7.12 Å². The molecule has 2 heterocycles.